The molecule has 0 aromatic heterocycles. The highest BCUT2D eigenvalue weighted by Gasteiger charge is 2.23. The molecule has 0 saturated carbocycles. The lowest BCUT2D eigenvalue weighted by Crippen LogP contribution is -2.47. The van der Waals surface area contributed by atoms with Crippen LogP contribution in [0.3, 0.4) is 0 Å². The predicted octanol–water partition coefficient (Wildman–Crippen LogP) is 1.78. The molecule has 1 aliphatic rings. The van der Waals surface area contributed by atoms with Gasteiger partial charge in [0.2, 0.25) is 0 Å². The first-order chi connectivity index (χ1) is 4.38. The van der Waals surface area contributed by atoms with E-state index in [-0.39, 0.29) is 0 Å². The lowest BCUT2D eigenvalue weighted by atomic mass is 9.88. The van der Waals surface area contributed by atoms with E-state index in [0.29, 0.717) is 0 Å². The van der Waals surface area contributed by atoms with Crippen molar-refractivity contribution >= 4 is 0 Å². The van der Waals surface area contributed by atoms with Crippen LogP contribution in [0.15, 0.2) is 0 Å². The summed E-state index contributed by atoms with van der Waals surface area (Å²) in [6.45, 7) is 5.82. The minimum absolute atomic E-state index is 0.861. The van der Waals surface area contributed by atoms with E-state index in [4.69, 9.17) is 0 Å². The summed E-state index contributed by atoms with van der Waals surface area (Å²) in [6, 6.07) is 0.861. The molecule has 1 heteroatoms. The van der Waals surface area contributed by atoms with Gasteiger partial charge in [0.15, 0.2) is 0 Å². The summed E-state index contributed by atoms with van der Waals surface area (Å²) in [5, 5.41) is 3.45. The Morgan fingerprint density at radius 2 is 2.00 bits per heavy atom. The van der Waals surface area contributed by atoms with Crippen molar-refractivity contribution in [2.75, 3.05) is 6.54 Å². The van der Waals surface area contributed by atoms with Gasteiger partial charge in [-0.15, -0.1) is 0 Å². The zero-order valence-corrected chi connectivity index (χ0v) is 6.48. The molecule has 1 rings (SSSR count). The van der Waals surface area contributed by atoms with Gasteiger partial charge in [-0.3, -0.25) is 0 Å². The quantitative estimate of drug-likeness (QED) is 0.609. The Bertz CT molecular complexity index is 72.6. The Labute approximate surface area is 57.8 Å². The Hall–Kier alpha value is -0.0400. The molecule has 1 atom stereocenters. The molecule has 1 saturated heterocycles. The molecule has 1 N–H and O–H groups in total. The van der Waals surface area contributed by atoms with E-state index in [2.05, 4.69) is 19.2 Å². The fourth-order valence-corrected chi connectivity index (χ4v) is 1.57. The van der Waals surface area contributed by atoms with Crippen molar-refractivity contribution in [3.8, 4) is 0 Å². The highest BCUT2D eigenvalue weighted by atomic mass is 15.0. The molecular weight excluding hydrogens is 110 g/mol. The third-order valence-electron chi connectivity index (χ3n) is 2.48. The summed E-state index contributed by atoms with van der Waals surface area (Å²) < 4.78 is 0. The Balaban J connectivity index is 2.19. The molecule has 1 heterocycles. The van der Waals surface area contributed by atoms with Crippen molar-refractivity contribution in [1.29, 1.82) is 0 Å². The van der Waals surface area contributed by atoms with Gasteiger partial charge in [0, 0.05) is 6.04 Å². The standard InChI is InChI=1S/C8H17N/c1-3-7(4-2)8-5-6-9-8/h7-9H,3-6H2,1-2H3. The van der Waals surface area contributed by atoms with Crippen molar-refractivity contribution in [2.45, 2.75) is 39.2 Å². The normalized spacial score (nSPS) is 26.3. The lowest BCUT2D eigenvalue weighted by molar-refractivity contribution is 0.248. The smallest absolute Gasteiger partial charge is 0.0107 e. The predicted molar refractivity (Wildman–Crippen MR) is 40.5 cm³/mol. The van der Waals surface area contributed by atoms with Gasteiger partial charge in [-0.25, -0.2) is 0 Å². The third kappa shape index (κ3) is 1.45. The highest BCUT2D eigenvalue weighted by molar-refractivity contribution is 4.82. The molecule has 1 unspecified atom stereocenters. The van der Waals surface area contributed by atoms with E-state index in [1.807, 2.05) is 0 Å². The van der Waals surface area contributed by atoms with Crippen LogP contribution in [0.25, 0.3) is 0 Å². The minimum atomic E-state index is 0.861. The molecule has 9 heavy (non-hydrogen) atoms. The maximum Gasteiger partial charge on any atom is 0.0107 e. The SMILES string of the molecule is CCC(CC)C1CCN1. The third-order valence-corrected chi connectivity index (χ3v) is 2.48. The van der Waals surface area contributed by atoms with Gasteiger partial charge in [-0.05, 0) is 18.9 Å². The molecule has 0 spiro atoms. The van der Waals surface area contributed by atoms with Crippen LogP contribution in [0.1, 0.15) is 33.1 Å². The second-order valence-corrected chi connectivity index (χ2v) is 2.93. The highest BCUT2D eigenvalue weighted by Crippen LogP contribution is 2.19. The Morgan fingerprint density at radius 1 is 1.44 bits per heavy atom. The lowest BCUT2D eigenvalue weighted by Gasteiger charge is -2.34. The van der Waals surface area contributed by atoms with Gasteiger partial charge in [-0.1, -0.05) is 26.7 Å². The second kappa shape index (κ2) is 3.21. The van der Waals surface area contributed by atoms with Crippen molar-refractivity contribution in [3.05, 3.63) is 0 Å². The molecule has 0 aliphatic carbocycles. The van der Waals surface area contributed by atoms with E-state index in [1.165, 1.54) is 25.8 Å². The zero-order chi connectivity index (χ0) is 6.69. The van der Waals surface area contributed by atoms with Crippen molar-refractivity contribution in [3.63, 3.8) is 0 Å². The molecular formula is C8H17N. The first-order valence-electron chi connectivity index (χ1n) is 4.11. The van der Waals surface area contributed by atoms with Gasteiger partial charge < -0.3 is 5.32 Å². The molecule has 54 valence electrons. The van der Waals surface area contributed by atoms with Crippen LogP contribution in [0.5, 0.6) is 0 Å². The molecule has 1 aliphatic heterocycles. The topological polar surface area (TPSA) is 12.0 Å². The summed E-state index contributed by atoms with van der Waals surface area (Å²) in [6.07, 6.45) is 4.09. The molecule has 1 nitrogen and oxygen atoms in total. The van der Waals surface area contributed by atoms with Crippen molar-refractivity contribution in [1.82, 2.24) is 5.32 Å². The van der Waals surface area contributed by atoms with Crippen LogP contribution in [0.2, 0.25) is 0 Å². The summed E-state index contributed by atoms with van der Waals surface area (Å²) >= 11 is 0. The maximum atomic E-state index is 3.45. The van der Waals surface area contributed by atoms with E-state index >= 15 is 0 Å². The largest absolute Gasteiger partial charge is 0.314 e. The van der Waals surface area contributed by atoms with Gasteiger partial charge in [0.1, 0.15) is 0 Å². The van der Waals surface area contributed by atoms with Crippen LogP contribution in [0.4, 0.5) is 0 Å². The van der Waals surface area contributed by atoms with Crippen molar-refractivity contribution in [2.24, 2.45) is 5.92 Å². The summed E-state index contributed by atoms with van der Waals surface area (Å²) in [7, 11) is 0. The molecule has 0 amide bonds. The number of hydrogen-bond acceptors (Lipinski definition) is 1. The average molecular weight is 127 g/mol. The van der Waals surface area contributed by atoms with Gasteiger partial charge in [0.25, 0.3) is 0 Å². The monoisotopic (exact) mass is 127 g/mol. The number of nitrogens with one attached hydrogen (secondary N) is 1. The van der Waals surface area contributed by atoms with Gasteiger partial charge in [-0.2, -0.15) is 0 Å². The van der Waals surface area contributed by atoms with E-state index in [1.54, 1.807) is 0 Å². The second-order valence-electron chi connectivity index (χ2n) is 2.93. The van der Waals surface area contributed by atoms with Crippen LogP contribution >= 0.6 is 0 Å². The fourth-order valence-electron chi connectivity index (χ4n) is 1.57. The summed E-state index contributed by atoms with van der Waals surface area (Å²) in [4.78, 5) is 0. The van der Waals surface area contributed by atoms with E-state index < -0.39 is 0 Å². The van der Waals surface area contributed by atoms with Crippen LogP contribution in [-0.4, -0.2) is 12.6 Å². The van der Waals surface area contributed by atoms with Crippen LogP contribution < -0.4 is 5.32 Å². The molecule has 0 aromatic carbocycles. The molecule has 1 fully saturated rings. The van der Waals surface area contributed by atoms with Crippen LogP contribution in [0, 0.1) is 5.92 Å². The fraction of sp³-hybridized carbons (Fsp3) is 1.00. The molecule has 0 radical (unpaired) electrons. The van der Waals surface area contributed by atoms with E-state index in [0.717, 1.165) is 12.0 Å². The van der Waals surface area contributed by atoms with Gasteiger partial charge in [0.05, 0.1) is 0 Å². The average Bonchev–Trinajstić information content (AvgIpc) is 1.78. The molecule has 0 aromatic rings. The zero-order valence-electron chi connectivity index (χ0n) is 6.48. The van der Waals surface area contributed by atoms with Crippen LogP contribution in [-0.2, 0) is 0 Å². The maximum absolute atomic E-state index is 3.45. The van der Waals surface area contributed by atoms with E-state index in [9.17, 15) is 0 Å². The Kier molecular flexibility index (Phi) is 2.52. The first kappa shape index (κ1) is 7.07. The first-order valence-corrected chi connectivity index (χ1v) is 4.11. The summed E-state index contributed by atoms with van der Waals surface area (Å²) in [5.74, 6) is 0.943. The summed E-state index contributed by atoms with van der Waals surface area (Å²) in [5.41, 5.74) is 0. The Morgan fingerprint density at radius 3 is 2.11 bits per heavy atom. The number of rotatable bonds is 3. The van der Waals surface area contributed by atoms with Gasteiger partial charge >= 0.3 is 0 Å². The number of hydrogen-bond donors (Lipinski definition) is 1. The molecule has 0 bridgehead atoms. The van der Waals surface area contributed by atoms with Crippen molar-refractivity contribution < 1.29 is 0 Å². The minimum Gasteiger partial charge on any atom is -0.314 e.